The number of halogens is 4. The van der Waals surface area contributed by atoms with Crippen molar-refractivity contribution in [3.05, 3.63) is 82.5 Å². The second-order valence-corrected chi connectivity index (χ2v) is 7.25. The van der Waals surface area contributed by atoms with Gasteiger partial charge >= 0.3 is 6.18 Å². The van der Waals surface area contributed by atoms with Crippen molar-refractivity contribution in [3.8, 4) is 5.69 Å². The number of fused-ring (bicyclic) bond motifs is 1. The van der Waals surface area contributed by atoms with E-state index < -0.39 is 11.7 Å². The Morgan fingerprint density at radius 3 is 2.55 bits per heavy atom. The predicted octanol–water partition coefficient (Wildman–Crippen LogP) is 4.68. The number of nitrogens with one attached hydrogen (secondary N) is 1. The summed E-state index contributed by atoms with van der Waals surface area (Å²) in [7, 11) is 0. The zero-order valence-corrected chi connectivity index (χ0v) is 17.1. The number of hydrogen-bond donors (Lipinski definition) is 1. The molecule has 0 fully saturated rings. The number of aryl methyl sites for hydroxylation is 1. The van der Waals surface area contributed by atoms with Gasteiger partial charge in [0.05, 0.1) is 34.2 Å². The zero-order valence-electron chi connectivity index (χ0n) is 16.3. The van der Waals surface area contributed by atoms with Crippen LogP contribution in [-0.2, 0) is 19.1 Å². The first-order chi connectivity index (χ1) is 14.8. The lowest BCUT2D eigenvalue weighted by molar-refractivity contribution is -0.137. The predicted molar refractivity (Wildman–Crippen MR) is 109 cm³/mol. The summed E-state index contributed by atoms with van der Waals surface area (Å²) in [6, 6.07) is 9.82. The highest BCUT2D eigenvalue weighted by molar-refractivity contribution is 6.30. The molecular weight excluding hydrogens is 431 g/mol. The first-order valence-electron chi connectivity index (χ1n) is 9.43. The lowest BCUT2D eigenvalue weighted by atomic mass is 10.2. The van der Waals surface area contributed by atoms with E-state index in [4.69, 9.17) is 11.6 Å². The van der Waals surface area contributed by atoms with Gasteiger partial charge in [0.1, 0.15) is 11.3 Å². The topological polar surface area (TPSA) is 64.2 Å². The van der Waals surface area contributed by atoms with Gasteiger partial charge in [0.25, 0.3) is 5.91 Å². The second kappa shape index (κ2) is 8.07. The van der Waals surface area contributed by atoms with Crippen molar-refractivity contribution in [3.63, 3.8) is 0 Å². The van der Waals surface area contributed by atoms with Gasteiger partial charge in [-0.2, -0.15) is 18.3 Å². The van der Waals surface area contributed by atoms with Crippen molar-refractivity contribution in [2.45, 2.75) is 26.1 Å². The summed E-state index contributed by atoms with van der Waals surface area (Å²) in [5, 5.41) is 7.62. The van der Waals surface area contributed by atoms with Gasteiger partial charge in [-0.3, -0.25) is 9.20 Å². The smallest absolute Gasteiger partial charge is 0.345 e. The number of pyridine rings is 1. The fourth-order valence-corrected chi connectivity index (χ4v) is 3.37. The lowest BCUT2D eigenvalue weighted by Gasteiger charge is -2.08. The zero-order chi connectivity index (χ0) is 22.2. The highest BCUT2D eigenvalue weighted by Gasteiger charge is 2.30. The van der Waals surface area contributed by atoms with Gasteiger partial charge in [-0.25, -0.2) is 9.67 Å². The number of hydrogen-bond acceptors (Lipinski definition) is 3. The molecule has 0 unspecified atom stereocenters. The van der Waals surface area contributed by atoms with E-state index in [1.807, 2.05) is 6.92 Å². The Balaban J connectivity index is 1.50. The lowest BCUT2D eigenvalue weighted by Crippen LogP contribution is -2.25. The molecule has 0 aliphatic carbocycles. The molecule has 1 N–H and O–H groups in total. The van der Waals surface area contributed by atoms with Gasteiger partial charge in [-0.1, -0.05) is 18.5 Å². The van der Waals surface area contributed by atoms with E-state index in [9.17, 15) is 18.0 Å². The van der Waals surface area contributed by atoms with Gasteiger partial charge in [-0.05, 0) is 48.9 Å². The number of benzene rings is 1. The minimum Gasteiger partial charge on any atom is -0.345 e. The van der Waals surface area contributed by atoms with E-state index in [1.165, 1.54) is 16.8 Å². The Labute approximate surface area is 180 Å². The minimum absolute atomic E-state index is 0.142. The third-order valence-corrected chi connectivity index (χ3v) is 4.96. The first kappa shape index (κ1) is 20.9. The molecule has 0 aliphatic rings. The van der Waals surface area contributed by atoms with E-state index in [0.717, 1.165) is 12.1 Å². The number of nitrogens with zero attached hydrogens (tertiary/aromatic N) is 4. The molecule has 0 spiro atoms. The normalized spacial score (nSPS) is 11.8. The molecule has 0 saturated heterocycles. The SMILES string of the molecule is CCc1nc2ccc(Cl)cn2c1C(=O)NCc1ccn(-c2ccc(C(F)(F)F)cc2)n1. The number of rotatable bonds is 5. The summed E-state index contributed by atoms with van der Waals surface area (Å²) in [5.41, 5.74) is 1.99. The van der Waals surface area contributed by atoms with Crippen molar-refractivity contribution >= 4 is 23.2 Å². The van der Waals surface area contributed by atoms with Crippen LogP contribution in [0.4, 0.5) is 13.2 Å². The molecule has 0 atom stereocenters. The molecule has 1 aromatic carbocycles. The van der Waals surface area contributed by atoms with Crippen molar-refractivity contribution in [1.29, 1.82) is 0 Å². The van der Waals surface area contributed by atoms with Gasteiger partial charge in [0, 0.05) is 12.4 Å². The van der Waals surface area contributed by atoms with Gasteiger partial charge < -0.3 is 5.32 Å². The third-order valence-electron chi connectivity index (χ3n) is 4.74. The van der Waals surface area contributed by atoms with Crippen LogP contribution in [0.5, 0.6) is 0 Å². The fraction of sp³-hybridized carbons (Fsp3) is 0.190. The maximum atomic E-state index is 12.8. The Bertz CT molecular complexity index is 1240. The van der Waals surface area contributed by atoms with Crippen LogP contribution in [0.15, 0.2) is 54.9 Å². The van der Waals surface area contributed by atoms with E-state index in [1.54, 1.807) is 35.0 Å². The Hall–Kier alpha value is -3.33. The molecule has 6 nitrogen and oxygen atoms in total. The number of aromatic nitrogens is 4. The number of imidazole rings is 1. The molecule has 31 heavy (non-hydrogen) atoms. The molecule has 0 radical (unpaired) electrons. The highest BCUT2D eigenvalue weighted by Crippen LogP contribution is 2.29. The molecule has 0 saturated carbocycles. The van der Waals surface area contributed by atoms with Crippen LogP contribution < -0.4 is 5.32 Å². The first-order valence-corrected chi connectivity index (χ1v) is 9.81. The average Bonchev–Trinajstić information content (AvgIpc) is 3.35. The summed E-state index contributed by atoms with van der Waals surface area (Å²) in [5.74, 6) is -0.323. The standard InChI is InChI=1S/C21H17ClF3N5O/c1-2-17-19(29-12-14(22)5-8-18(29)27-17)20(31)26-11-15-9-10-30(28-15)16-6-3-13(4-7-16)21(23,24)25/h3-10,12H,2,11H2,1H3,(H,26,31). The van der Waals surface area contributed by atoms with Gasteiger partial charge in [-0.15, -0.1) is 0 Å². The summed E-state index contributed by atoms with van der Waals surface area (Å²) < 4.78 is 41.3. The van der Waals surface area contributed by atoms with Crippen LogP contribution in [0.1, 0.15) is 34.4 Å². The van der Waals surface area contributed by atoms with Crippen molar-refractivity contribution in [2.24, 2.45) is 0 Å². The van der Waals surface area contributed by atoms with Crippen LogP contribution in [0, 0.1) is 0 Å². The molecule has 10 heteroatoms. The quantitative estimate of drug-likeness (QED) is 0.483. The average molecular weight is 448 g/mol. The van der Waals surface area contributed by atoms with Gasteiger partial charge in [0.2, 0.25) is 0 Å². The molecule has 0 bridgehead atoms. The molecule has 3 aromatic heterocycles. The minimum atomic E-state index is -4.39. The van der Waals surface area contributed by atoms with E-state index in [2.05, 4.69) is 15.4 Å². The Morgan fingerprint density at radius 2 is 1.87 bits per heavy atom. The van der Waals surface area contributed by atoms with E-state index in [0.29, 0.717) is 39.9 Å². The van der Waals surface area contributed by atoms with Crippen molar-refractivity contribution in [2.75, 3.05) is 0 Å². The molecule has 4 rings (SSSR count). The Morgan fingerprint density at radius 1 is 1.13 bits per heavy atom. The van der Waals surface area contributed by atoms with E-state index in [-0.39, 0.29) is 12.5 Å². The maximum Gasteiger partial charge on any atom is 0.416 e. The second-order valence-electron chi connectivity index (χ2n) is 6.82. The molecule has 3 heterocycles. The highest BCUT2D eigenvalue weighted by atomic mass is 35.5. The maximum absolute atomic E-state index is 12.8. The molecule has 4 aromatic rings. The molecule has 1 amide bonds. The molecule has 0 aliphatic heterocycles. The summed E-state index contributed by atoms with van der Waals surface area (Å²) in [4.78, 5) is 17.3. The summed E-state index contributed by atoms with van der Waals surface area (Å²) in [6.45, 7) is 2.05. The van der Waals surface area contributed by atoms with E-state index >= 15 is 0 Å². The van der Waals surface area contributed by atoms with Crippen LogP contribution in [0.2, 0.25) is 5.02 Å². The molecule has 160 valence electrons. The molecular formula is C21H17ClF3N5O. The summed E-state index contributed by atoms with van der Waals surface area (Å²) in [6.07, 6.45) is -0.561. The van der Waals surface area contributed by atoms with Crippen molar-refractivity contribution in [1.82, 2.24) is 24.5 Å². The van der Waals surface area contributed by atoms with Crippen molar-refractivity contribution < 1.29 is 18.0 Å². The van der Waals surface area contributed by atoms with Crippen LogP contribution >= 0.6 is 11.6 Å². The van der Waals surface area contributed by atoms with Crippen LogP contribution in [0.3, 0.4) is 0 Å². The number of carbonyl (C=O) groups is 1. The number of amides is 1. The number of alkyl halides is 3. The monoisotopic (exact) mass is 447 g/mol. The van der Waals surface area contributed by atoms with Crippen LogP contribution in [0.25, 0.3) is 11.3 Å². The fourth-order valence-electron chi connectivity index (χ4n) is 3.21. The van der Waals surface area contributed by atoms with Gasteiger partial charge in [0.15, 0.2) is 0 Å². The third kappa shape index (κ3) is 4.27. The van der Waals surface area contributed by atoms with Crippen LogP contribution in [-0.4, -0.2) is 25.1 Å². The summed E-state index contributed by atoms with van der Waals surface area (Å²) >= 11 is 6.06. The Kier molecular flexibility index (Phi) is 5.45. The number of carbonyl (C=O) groups excluding carboxylic acids is 1. The largest absolute Gasteiger partial charge is 0.416 e.